The molecule has 4 unspecified atom stereocenters. The molecular formula is C15H31NO. The van der Waals surface area contributed by atoms with Crippen LogP contribution in [-0.4, -0.2) is 11.9 Å². The zero-order chi connectivity index (χ0) is 13.6. The van der Waals surface area contributed by atoms with Gasteiger partial charge in [0, 0.05) is 13.0 Å². The molecule has 0 fully saturated rings. The van der Waals surface area contributed by atoms with Crippen molar-refractivity contribution in [3.05, 3.63) is 0 Å². The minimum Gasteiger partial charge on any atom is -0.353 e. The van der Waals surface area contributed by atoms with Crippen LogP contribution in [-0.2, 0) is 4.79 Å². The second-order valence-electron chi connectivity index (χ2n) is 6.01. The number of nitrogens with one attached hydrogen (secondary N) is 1. The Morgan fingerprint density at radius 2 is 1.59 bits per heavy atom. The van der Waals surface area contributed by atoms with Gasteiger partial charge in [-0.05, 0) is 30.1 Å². The molecule has 0 aromatic heterocycles. The molecule has 102 valence electrons. The molecule has 4 atom stereocenters. The van der Waals surface area contributed by atoms with Gasteiger partial charge in [0.1, 0.15) is 0 Å². The molecule has 1 N–H and O–H groups in total. The van der Waals surface area contributed by atoms with Crippen LogP contribution >= 0.6 is 0 Å². The number of hydrogen-bond donors (Lipinski definition) is 1. The van der Waals surface area contributed by atoms with Crippen LogP contribution in [0.3, 0.4) is 0 Å². The van der Waals surface area contributed by atoms with Crippen molar-refractivity contribution in [3.63, 3.8) is 0 Å². The van der Waals surface area contributed by atoms with E-state index in [1.165, 1.54) is 6.42 Å². The lowest BCUT2D eigenvalue weighted by Crippen LogP contribution is -2.39. The molecule has 0 aromatic carbocycles. The van der Waals surface area contributed by atoms with E-state index in [4.69, 9.17) is 0 Å². The lowest BCUT2D eigenvalue weighted by Gasteiger charge is -2.30. The first-order chi connectivity index (χ1) is 7.79. The second-order valence-corrected chi connectivity index (χ2v) is 6.01. The molecule has 0 radical (unpaired) electrons. The van der Waals surface area contributed by atoms with Gasteiger partial charge in [-0.1, -0.05) is 48.0 Å². The summed E-state index contributed by atoms with van der Waals surface area (Å²) < 4.78 is 0. The maximum absolute atomic E-state index is 11.2. The van der Waals surface area contributed by atoms with Crippen molar-refractivity contribution >= 4 is 5.91 Å². The van der Waals surface area contributed by atoms with Crippen LogP contribution in [0.25, 0.3) is 0 Å². The first-order valence-electron chi connectivity index (χ1n) is 7.06. The molecule has 0 rings (SSSR count). The smallest absolute Gasteiger partial charge is 0.217 e. The Bertz CT molecular complexity index is 225. The molecule has 17 heavy (non-hydrogen) atoms. The van der Waals surface area contributed by atoms with Gasteiger partial charge in [0.15, 0.2) is 0 Å². The van der Waals surface area contributed by atoms with Crippen molar-refractivity contribution < 1.29 is 4.79 Å². The van der Waals surface area contributed by atoms with E-state index < -0.39 is 0 Å². The van der Waals surface area contributed by atoms with E-state index in [0.717, 1.165) is 18.3 Å². The summed E-state index contributed by atoms with van der Waals surface area (Å²) in [6.07, 6.45) is 2.32. The second kappa shape index (κ2) is 7.73. The molecule has 0 aliphatic carbocycles. The van der Waals surface area contributed by atoms with Crippen LogP contribution in [0, 0.1) is 23.7 Å². The number of carbonyl (C=O) groups is 1. The zero-order valence-electron chi connectivity index (χ0n) is 12.7. The van der Waals surface area contributed by atoms with Gasteiger partial charge in [-0.2, -0.15) is 0 Å². The first-order valence-corrected chi connectivity index (χ1v) is 7.06. The summed E-state index contributed by atoms with van der Waals surface area (Å²) in [4.78, 5) is 11.2. The summed E-state index contributed by atoms with van der Waals surface area (Å²) in [5.74, 6) is 2.73. The third-order valence-corrected chi connectivity index (χ3v) is 4.26. The van der Waals surface area contributed by atoms with Crippen LogP contribution in [0.15, 0.2) is 0 Å². The molecule has 0 aliphatic heterocycles. The van der Waals surface area contributed by atoms with Crippen molar-refractivity contribution in [2.45, 2.75) is 67.3 Å². The Kier molecular flexibility index (Phi) is 7.49. The van der Waals surface area contributed by atoms with Gasteiger partial charge in [-0.3, -0.25) is 4.79 Å². The average Bonchev–Trinajstić information content (AvgIpc) is 2.25. The highest BCUT2D eigenvalue weighted by Gasteiger charge is 2.23. The fraction of sp³-hybridized carbons (Fsp3) is 0.933. The molecular weight excluding hydrogens is 210 g/mol. The third kappa shape index (κ3) is 6.09. The lowest BCUT2D eigenvalue weighted by atomic mass is 9.79. The van der Waals surface area contributed by atoms with Crippen LogP contribution < -0.4 is 5.32 Å². The Labute approximate surface area is 108 Å². The van der Waals surface area contributed by atoms with Crippen molar-refractivity contribution in [3.8, 4) is 0 Å². The highest BCUT2D eigenvalue weighted by Crippen LogP contribution is 2.27. The Morgan fingerprint density at radius 1 is 1.06 bits per heavy atom. The van der Waals surface area contributed by atoms with Crippen molar-refractivity contribution in [1.82, 2.24) is 5.32 Å². The van der Waals surface area contributed by atoms with E-state index in [9.17, 15) is 4.79 Å². The molecule has 0 bridgehead atoms. The minimum atomic E-state index is 0.0899. The van der Waals surface area contributed by atoms with Crippen molar-refractivity contribution in [2.75, 3.05) is 0 Å². The summed E-state index contributed by atoms with van der Waals surface area (Å²) >= 11 is 0. The molecule has 0 saturated heterocycles. The molecule has 2 nitrogen and oxygen atoms in total. The van der Waals surface area contributed by atoms with Crippen LogP contribution in [0.2, 0.25) is 0 Å². The largest absolute Gasteiger partial charge is 0.353 e. The van der Waals surface area contributed by atoms with Gasteiger partial charge < -0.3 is 5.32 Å². The summed E-state index contributed by atoms with van der Waals surface area (Å²) in [6, 6.07) is 0.314. The fourth-order valence-electron chi connectivity index (χ4n) is 2.31. The van der Waals surface area contributed by atoms with Crippen molar-refractivity contribution in [1.29, 1.82) is 0 Å². The SMILES string of the molecule is CCC(C)C(C)C(C)CC(NC(C)=O)C(C)C. The lowest BCUT2D eigenvalue weighted by molar-refractivity contribution is -0.120. The van der Waals surface area contributed by atoms with Crippen molar-refractivity contribution in [2.24, 2.45) is 23.7 Å². The zero-order valence-corrected chi connectivity index (χ0v) is 12.7. The molecule has 0 spiro atoms. The summed E-state index contributed by atoms with van der Waals surface area (Å²) in [6.45, 7) is 15.2. The highest BCUT2D eigenvalue weighted by molar-refractivity contribution is 5.73. The van der Waals surface area contributed by atoms with Crippen LogP contribution in [0.4, 0.5) is 0 Å². The topological polar surface area (TPSA) is 29.1 Å². The van der Waals surface area contributed by atoms with E-state index in [-0.39, 0.29) is 5.91 Å². The van der Waals surface area contributed by atoms with Gasteiger partial charge in [0.2, 0.25) is 5.91 Å². The predicted molar refractivity (Wildman–Crippen MR) is 74.8 cm³/mol. The normalized spacial score (nSPS) is 18.6. The standard InChI is InChI=1S/C15H31NO/c1-8-11(4)13(6)12(5)9-15(10(2)3)16-14(7)17/h10-13,15H,8-9H2,1-7H3,(H,16,17). The van der Waals surface area contributed by atoms with E-state index in [2.05, 4.69) is 46.9 Å². The summed E-state index contributed by atoms with van der Waals surface area (Å²) in [7, 11) is 0. The maximum Gasteiger partial charge on any atom is 0.217 e. The molecule has 2 heteroatoms. The number of rotatable bonds is 7. The molecule has 1 amide bonds. The molecule has 0 heterocycles. The van der Waals surface area contributed by atoms with Gasteiger partial charge in [0.05, 0.1) is 0 Å². The molecule has 0 aliphatic rings. The summed E-state index contributed by atoms with van der Waals surface area (Å²) in [5.41, 5.74) is 0. The summed E-state index contributed by atoms with van der Waals surface area (Å²) in [5, 5.41) is 3.08. The number of carbonyl (C=O) groups excluding carboxylic acids is 1. The Balaban J connectivity index is 4.39. The maximum atomic E-state index is 11.2. The van der Waals surface area contributed by atoms with E-state index >= 15 is 0 Å². The van der Waals surface area contributed by atoms with Crippen LogP contribution in [0.1, 0.15) is 61.3 Å². The van der Waals surface area contributed by atoms with Gasteiger partial charge in [-0.25, -0.2) is 0 Å². The Morgan fingerprint density at radius 3 is 1.94 bits per heavy atom. The quantitative estimate of drug-likeness (QED) is 0.720. The Hall–Kier alpha value is -0.530. The van der Waals surface area contributed by atoms with Gasteiger partial charge in [0.25, 0.3) is 0 Å². The highest BCUT2D eigenvalue weighted by atomic mass is 16.1. The fourth-order valence-corrected chi connectivity index (χ4v) is 2.31. The van der Waals surface area contributed by atoms with Crippen LogP contribution in [0.5, 0.6) is 0 Å². The predicted octanol–water partition coefficient (Wildman–Crippen LogP) is 3.86. The number of amides is 1. The first kappa shape index (κ1) is 16.5. The molecule has 0 aromatic rings. The van der Waals surface area contributed by atoms with E-state index in [0.29, 0.717) is 17.9 Å². The number of hydrogen-bond acceptors (Lipinski definition) is 1. The van der Waals surface area contributed by atoms with Gasteiger partial charge >= 0.3 is 0 Å². The third-order valence-electron chi connectivity index (χ3n) is 4.26. The monoisotopic (exact) mass is 241 g/mol. The van der Waals surface area contributed by atoms with E-state index in [1.54, 1.807) is 6.92 Å². The van der Waals surface area contributed by atoms with E-state index in [1.807, 2.05) is 0 Å². The van der Waals surface area contributed by atoms with Gasteiger partial charge in [-0.15, -0.1) is 0 Å². The minimum absolute atomic E-state index is 0.0899. The molecule has 0 saturated carbocycles. The average molecular weight is 241 g/mol.